The van der Waals surface area contributed by atoms with Gasteiger partial charge >= 0.3 is 0 Å². The van der Waals surface area contributed by atoms with E-state index in [0.717, 1.165) is 15.8 Å². The van der Waals surface area contributed by atoms with Gasteiger partial charge in [0.25, 0.3) is 10.0 Å². The molecule has 0 saturated carbocycles. The maximum atomic E-state index is 12.7. The lowest BCUT2D eigenvalue weighted by atomic mass is 10.2. The summed E-state index contributed by atoms with van der Waals surface area (Å²) in [7, 11) is -3.73. The van der Waals surface area contributed by atoms with Crippen LogP contribution in [0.3, 0.4) is 0 Å². The summed E-state index contributed by atoms with van der Waals surface area (Å²) in [4.78, 5) is 8.42. The molecular formula is C14H12N4O3S. The summed E-state index contributed by atoms with van der Waals surface area (Å²) in [6.45, 7) is 1.89. The molecule has 0 unspecified atom stereocenters. The zero-order valence-corrected chi connectivity index (χ0v) is 12.4. The third-order valence-corrected chi connectivity index (χ3v) is 4.82. The van der Waals surface area contributed by atoms with E-state index < -0.39 is 10.0 Å². The van der Waals surface area contributed by atoms with Crippen molar-refractivity contribution >= 4 is 27.4 Å². The van der Waals surface area contributed by atoms with Crippen LogP contribution in [0.1, 0.15) is 11.3 Å². The van der Waals surface area contributed by atoms with Crippen LogP contribution in [0.4, 0.5) is 0 Å². The summed E-state index contributed by atoms with van der Waals surface area (Å²) in [5.74, 6) is 0. The fraction of sp³-hybridized carbons (Fsp3) is 0.0714. The van der Waals surface area contributed by atoms with Crippen molar-refractivity contribution in [3.63, 3.8) is 0 Å². The minimum Gasteiger partial charge on any atom is -0.411 e. The van der Waals surface area contributed by atoms with Gasteiger partial charge in [0.15, 0.2) is 5.65 Å². The fourth-order valence-corrected chi connectivity index (χ4v) is 3.34. The van der Waals surface area contributed by atoms with E-state index in [1.165, 1.54) is 12.4 Å². The van der Waals surface area contributed by atoms with Gasteiger partial charge in [0, 0.05) is 6.20 Å². The molecule has 0 atom stereocenters. The van der Waals surface area contributed by atoms with Crippen molar-refractivity contribution in [2.45, 2.75) is 11.8 Å². The Hall–Kier alpha value is -2.74. The molecular weight excluding hydrogens is 304 g/mol. The highest BCUT2D eigenvalue weighted by Gasteiger charge is 2.20. The normalized spacial score (nSPS) is 12.2. The van der Waals surface area contributed by atoms with Gasteiger partial charge in [-0.2, -0.15) is 0 Å². The number of benzene rings is 1. The highest BCUT2D eigenvalue weighted by molar-refractivity contribution is 7.90. The summed E-state index contributed by atoms with van der Waals surface area (Å²) in [5.41, 5.74) is 1.92. The molecule has 0 radical (unpaired) electrons. The number of hydrogen-bond acceptors (Lipinski definition) is 6. The molecule has 0 saturated heterocycles. The zero-order chi connectivity index (χ0) is 15.7. The number of oxime groups is 1. The van der Waals surface area contributed by atoms with Gasteiger partial charge in [-0.15, -0.1) is 0 Å². The van der Waals surface area contributed by atoms with E-state index in [4.69, 9.17) is 5.21 Å². The molecule has 0 amide bonds. The molecule has 0 bridgehead atoms. The molecule has 3 rings (SSSR count). The first-order chi connectivity index (χ1) is 10.5. The number of aryl methyl sites for hydroxylation is 1. The van der Waals surface area contributed by atoms with Crippen molar-refractivity contribution < 1.29 is 13.6 Å². The Morgan fingerprint density at radius 3 is 2.64 bits per heavy atom. The van der Waals surface area contributed by atoms with Crippen LogP contribution in [0.15, 0.2) is 52.8 Å². The Labute approximate surface area is 126 Å². The molecule has 0 fully saturated rings. The van der Waals surface area contributed by atoms with Crippen molar-refractivity contribution in [2.75, 3.05) is 0 Å². The smallest absolute Gasteiger partial charge is 0.269 e. The Bertz CT molecular complexity index is 959. The molecule has 1 N–H and O–H groups in total. The number of nitrogens with zero attached hydrogens (tertiary/aromatic N) is 4. The summed E-state index contributed by atoms with van der Waals surface area (Å²) in [6.07, 6.45) is 3.86. The second-order valence-electron chi connectivity index (χ2n) is 4.68. The number of hydrogen-bond donors (Lipinski definition) is 1. The SMILES string of the molecule is Cc1ccc(S(=O)(=O)n2ccc3nc(/C=N/O)cnc32)cc1. The molecule has 7 nitrogen and oxygen atoms in total. The molecule has 2 aromatic heterocycles. The van der Waals surface area contributed by atoms with E-state index in [2.05, 4.69) is 15.1 Å². The highest BCUT2D eigenvalue weighted by atomic mass is 32.2. The summed E-state index contributed by atoms with van der Waals surface area (Å²) in [5, 5.41) is 11.4. The topological polar surface area (TPSA) is 97.4 Å². The molecule has 0 aliphatic carbocycles. The van der Waals surface area contributed by atoms with E-state index >= 15 is 0 Å². The number of rotatable bonds is 3. The van der Waals surface area contributed by atoms with Crippen LogP contribution in [-0.4, -0.2) is 33.8 Å². The maximum Gasteiger partial charge on any atom is 0.269 e. The predicted octanol–water partition coefficient (Wildman–Crippen LogP) is 1.78. The van der Waals surface area contributed by atoms with Gasteiger partial charge in [-0.3, -0.25) is 0 Å². The third kappa shape index (κ3) is 2.33. The van der Waals surface area contributed by atoms with Gasteiger partial charge in [0.1, 0.15) is 11.2 Å². The number of aromatic nitrogens is 3. The standard InChI is InChI=1S/C14H12N4O3S/c1-10-2-4-12(5-3-10)22(20,21)18-7-6-13-14(18)15-8-11(17-13)9-16-19/h2-9,19H,1H3/b16-9+. The largest absolute Gasteiger partial charge is 0.411 e. The van der Waals surface area contributed by atoms with Crippen molar-refractivity contribution in [1.82, 2.24) is 13.9 Å². The maximum absolute atomic E-state index is 12.7. The zero-order valence-electron chi connectivity index (χ0n) is 11.6. The van der Waals surface area contributed by atoms with Gasteiger partial charge in [-0.1, -0.05) is 22.9 Å². The second kappa shape index (κ2) is 5.23. The van der Waals surface area contributed by atoms with Crippen molar-refractivity contribution in [3.8, 4) is 0 Å². The Balaban J connectivity index is 2.15. The monoisotopic (exact) mass is 316 g/mol. The Morgan fingerprint density at radius 1 is 1.23 bits per heavy atom. The molecule has 112 valence electrons. The molecule has 8 heteroatoms. The van der Waals surface area contributed by atoms with Gasteiger partial charge in [0.2, 0.25) is 0 Å². The van der Waals surface area contributed by atoms with Crippen LogP contribution in [0.5, 0.6) is 0 Å². The molecule has 2 heterocycles. The van der Waals surface area contributed by atoms with E-state index in [1.807, 2.05) is 6.92 Å². The van der Waals surface area contributed by atoms with Gasteiger partial charge in [0.05, 0.1) is 17.3 Å². The molecule has 0 aliphatic rings. The minimum absolute atomic E-state index is 0.179. The molecule has 22 heavy (non-hydrogen) atoms. The van der Waals surface area contributed by atoms with Gasteiger partial charge < -0.3 is 5.21 Å². The fourth-order valence-electron chi connectivity index (χ4n) is 2.04. The van der Waals surface area contributed by atoms with E-state index in [9.17, 15) is 8.42 Å². The Morgan fingerprint density at radius 2 is 1.95 bits per heavy atom. The lowest BCUT2D eigenvalue weighted by molar-refractivity contribution is 0.321. The van der Waals surface area contributed by atoms with E-state index in [0.29, 0.717) is 11.2 Å². The van der Waals surface area contributed by atoms with Crippen LogP contribution >= 0.6 is 0 Å². The van der Waals surface area contributed by atoms with Crippen LogP contribution in [0, 0.1) is 6.92 Å². The van der Waals surface area contributed by atoms with Gasteiger partial charge in [-0.25, -0.2) is 22.4 Å². The average Bonchev–Trinajstić information content (AvgIpc) is 2.92. The summed E-state index contributed by atoms with van der Waals surface area (Å²) in [6, 6.07) is 8.12. The minimum atomic E-state index is -3.73. The molecule has 0 aliphatic heterocycles. The van der Waals surface area contributed by atoms with Gasteiger partial charge in [-0.05, 0) is 25.1 Å². The first-order valence-corrected chi connectivity index (χ1v) is 7.80. The summed E-state index contributed by atoms with van der Waals surface area (Å²) < 4.78 is 26.4. The first-order valence-electron chi connectivity index (χ1n) is 6.36. The molecule has 0 spiro atoms. The van der Waals surface area contributed by atoms with E-state index in [1.54, 1.807) is 30.3 Å². The van der Waals surface area contributed by atoms with Crippen LogP contribution < -0.4 is 0 Å². The van der Waals surface area contributed by atoms with Crippen LogP contribution in [0.2, 0.25) is 0 Å². The Kier molecular flexibility index (Phi) is 3.38. The average molecular weight is 316 g/mol. The van der Waals surface area contributed by atoms with Crippen molar-refractivity contribution in [1.29, 1.82) is 0 Å². The van der Waals surface area contributed by atoms with Crippen LogP contribution in [-0.2, 0) is 10.0 Å². The molecule has 1 aromatic carbocycles. The summed E-state index contributed by atoms with van der Waals surface area (Å²) >= 11 is 0. The quantitative estimate of drug-likeness (QED) is 0.451. The lowest BCUT2D eigenvalue weighted by Gasteiger charge is -2.07. The molecule has 3 aromatic rings. The van der Waals surface area contributed by atoms with Crippen molar-refractivity contribution in [3.05, 3.63) is 54.0 Å². The second-order valence-corrected chi connectivity index (χ2v) is 6.49. The first kappa shape index (κ1) is 14.2. The third-order valence-electron chi connectivity index (χ3n) is 3.14. The predicted molar refractivity (Wildman–Crippen MR) is 80.7 cm³/mol. The van der Waals surface area contributed by atoms with E-state index in [-0.39, 0.29) is 10.5 Å². The highest BCUT2D eigenvalue weighted by Crippen LogP contribution is 2.20. The van der Waals surface area contributed by atoms with Crippen LogP contribution in [0.25, 0.3) is 11.2 Å². The van der Waals surface area contributed by atoms with Crippen molar-refractivity contribution in [2.24, 2.45) is 5.16 Å². The lowest BCUT2D eigenvalue weighted by Crippen LogP contribution is -2.12. The number of fused-ring (bicyclic) bond motifs is 1.